The molecule has 1 atom stereocenters. The summed E-state index contributed by atoms with van der Waals surface area (Å²) >= 11 is 0. The number of amides is 1. The number of rotatable bonds is 7. The van der Waals surface area contributed by atoms with E-state index in [0.29, 0.717) is 17.9 Å². The Kier molecular flexibility index (Phi) is 6.63. The van der Waals surface area contributed by atoms with Crippen LogP contribution in [0.5, 0.6) is 0 Å². The van der Waals surface area contributed by atoms with Crippen LogP contribution < -0.4 is 10.6 Å². The van der Waals surface area contributed by atoms with E-state index in [-0.39, 0.29) is 29.4 Å². The van der Waals surface area contributed by atoms with Crippen LogP contribution in [0.25, 0.3) is 5.65 Å². The summed E-state index contributed by atoms with van der Waals surface area (Å²) in [5.74, 6) is 0.0573. The standard InChI is InChI=1S/C23H30BFN6O3/c1-4-31-17(22(33)34-3)12-16(29-31)21(32)27-15-10-8-14(9-11-15)26-19-6-5-7-20-28-18(13-30(19)20)23(2,24)25/h5-7,12-15,26H,4,8-11,24H2,1-3H3,(H,27,32). The average Bonchev–Trinajstić information content (AvgIpc) is 3.45. The molecular formula is C23H30BFN6O3. The van der Waals surface area contributed by atoms with Crippen LogP contribution in [-0.2, 0) is 16.8 Å². The monoisotopic (exact) mass is 468 g/mol. The number of carbonyl (C=O) groups is 2. The number of nitrogens with zero attached hydrogens (tertiary/aromatic N) is 4. The van der Waals surface area contributed by atoms with Gasteiger partial charge in [-0.3, -0.25) is 13.9 Å². The van der Waals surface area contributed by atoms with Crippen LogP contribution in [0.1, 0.15) is 66.2 Å². The summed E-state index contributed by atoms with van der Waals surface area (Å²) in [6, 6.07) is 7.45. The van der Waals surface area contributed by atoms with E-state index < -0.39 is 11.5 Å². The highest BCUT2D eigenvalue weighted by Crippen LogP contribution is 2.26. The Morgan fingerprint density at radius 2 is 1.97 bits per heavy atom. The Morgan fingerprint density at radius 3 is 2.62 bits per heavy atom. The molecule has 4 rings (SSSR count). The maximum atomic E-state index is 14.4. The van der Waals surface area contributed by atoms with Gasteiger partial charge >= 0.3 is 5.97 Å². The smallest absolute Gasteiger partial charge is 0.356 e. The van der Waals surface area contributed by atoms with E-state index in [1.165, 1.54) is 32.6 Å². The zero-order valence-corrected chi connectivity index (χ0v) is 20.0. The van der Waals surface area contributed by atoms with Crippen LogP contribution >= 0.6 is 0 Å². The SMILES string of the molecule is BC(C)(F)c1cn2c(NC3CCC(NC(=O)c4cc(C(=O)OC)n(CC)n4)CC3)cccc2n1. The number of fused-ring (bicyclic) bond motifs is 1. The van der Waals surface area contributed by atoms with Gasteiger partial charge in [0.25, 0.3) is 5.91 Å². The predicted molar refractivity (Wildman–Crippen MR) is 129 cm³/mol. The number of aromatic nitrogens is 4. The second kappa shape index (κ2) is 9.48. The molecule has 0 radical (unpaired) electrons. The van der Waals surface area contributed by atoms with Gasteiger partial charge in [0.2, 0.25) is 0 Å². The molecule has 1 saturated carbocycles. The van der Waals surface area contributed by atoms with E-state index in [0.717, 1.165) is 31.5 Å². The van der Waals surface area contributed by atoms with E-state index in [4.69, 9.17) is 4.74 Å². The summed E-state index contributed by atoms with van der Waals surface area (Å²) in [6.45, 7) is 3.81. The number of methoxy groups -OCH3 is 1. The van der Waals surface area contributed by atoms with Crippen LogP contribution in [0.3, 0.4) is 0 Å². The third-order valence-electron chi connectivity index (χ3n) is 6.22. The van der Waals surface area contributed by atoms with Gasteiger partial charge in [0.15, 0.2) is 13.5 Å². The Bertz CT molecular complexity index is 1190. The van der Waals surface area contributed by atoms with E-state index >= 15 is 0 Å². The minimum Gasteiger partial charge on any atom is -0.464 e. The molecule has 1 fully saturated rings. The summed E-state index contributed by atoms with van der Waals surface area (Å²) in [5.41, 5.74) is 0.0555. The molecule has 1 amide bonds. The summed E-state index contributed by atoms with van der Waals surface area (Å²) < 4.78 is 22.5. The molecule has 3 aromatic heterocycles. The summed E-state index contributed by atoms with van der Waals surface area (Å²) in [5, 5.41) is 10.8. The lowest BCUT2D eigenvalue weighted by atomic mass is 9.83. The molecular weight excluding hydrogens is 438 g/mol. The molecule has 0 bridgehead atoms. The van der Waals surface area contributed by atoms with Crippen molar-refractivity contribution in [2.24, 2.45) is 0 Å². The first-order chi connectivity index (χ1) is 16.2. The number of ether oxygens (including phenoxy) is 1. The van der Waals surface area contributed by atoms with Gasteiger partial charge in [-0.25, -0.2) is 14.2 Å². The molecule has 3 aromatic rings. The third kappa shape index (κ3) is 4.93. The molecule has 0 aromatic carbocycles. The second-order valence-corrected chi connectivity index (χ2v) is 9.13. The van der Waals surface area contributed by atoms with Crippen molar-refractivity contribution in [3.63, 3.8) is 0 Å². The van der Waals surface area contributed by atoms with Crippen molar-refractivity contribution in [3.05, 3.63) is 47.5 Å². The Labute approximate surface area is 198 Å². The number of nitrogens with one attached hydrogen (secondary N) is 2. The highest BCUT2D eigenvalue weighted by molar-refractivity contribution is 6.14. The maximum absolute atomic E-state index is 14.4. The van der Waals surface area contributed by atoms with Gasteiger partial charge in [0, 0.05) is 30.9 Å². The molecule has 34 heavy (non-hydrogen) atoms. The number of halogens is 1. The second-order valence-electron chi connectivity index (χ2n) is 9.13. The molecule has 2 N–H and O–H groups in total. The number of imidazole rings is 1. The molecule has 0 spiro atoms. The molecule has 1 aliphatic rings. The van der Waals surface area contributed by atoms with Gasteiger partial charge in [0.05, 0.1) is 12.8 Å². The van der Waals surface area contributed by atoms with Crippen molar-refractivity contribution >= 4 is 31.2 Å². The van der Waals surface area contributed by atoms with E-state index in [1.54, 1.807) is 6.20 Å². The molecule has 3 heterocycles. The van der Waals surface area contributed by atoms with Gasteiger partial charge in [-0.1, -0.05) is 6.07 Å². The molecule has 1 unspecified atom stereocenters. The normalized spacial score (nSPS) is 20.0. The molecule has 0 aliphatic heterocycles. The Balaban J connectivity index is 1.36. The minimum absolute atomic E-state index is 0.0295. The Morgan fingerprint density at radius 1 is 1.26 bits per heavy atom. The van der Waals surface area contributed by atoms with Gasteiger partial charge in [-0.2, -0.15) is 5.10 Å². The van der Waals surface area contributed by atoms with Gasteiger partial charge in [0.1, 0.15) is 22.7 Å². The number of hydrogen-bond donors (Lipinski definition) is 2. The van der Waals surface area contributed by atoms with Gasteiger partial charge < -0.3 is 15.4 Å². The largest absolute Gasteiger partial charge is 0.464 e. The van der Waals surface area contributed by atoms with E-state index in [9.17, 15) is 14.0 Å². The van der Waals surface area contributed by atoms with Crippen LogP contribution in [0.15, 0.2) is 30.5 Å². The average molecular weight is 468 g/mol. The number of esters is 1. The Hall–Kier alpha value is -3.37. The quantitative estimate of drug-likeness (QED) is 0.408. The number of anilines is 1. The first kappa shape index (κ1) is 23.8. The van der Waals surface area contributed by atoms with Crippen molar-refractivity contribution < 1.29 is 18.7 Å². The fourth-order valence-corrected chi connectivity index (χ4v) is 4.30. The fourth-order valence-electron chi connectivity index (χ4n) is 4.30. The number of pyridine rings is 1. The van der Waals surface area contributed by atoms with Gasteiger partial charge in [-0.05, 0) is 51.7 Å². The van der Waals surface area contributed by atoms with Gasteiger partial charge in [-0.15, -0.1) is 0 Å². The first-order valence-corrected chi connectivity index (χ1v) is 11.6. The zero-order chi connectivity index (χ0) is 24.5. The number of alkyl halides is 1. The summed E-state index contributed by atoms with van der Waals surface area (Å²) in [6.07, 6.45) is 5.10. The van der Waals surface area contributed by atoms with Crippen LogP contribution in [0.4, 0.5) is 10.2 Å². The van der Waals surface area contributed by atoms with Crippen LogP contribution in [0.2, 0.25) is 0 Å². The van der Waals surface area contributed by atoms with Crippen LogP contribution in [-0.4, -0.2) is 58.1 Å². The number of aryl methyl sites for hydroxylation is 1. The lowest BCUT2D eigenvalue weighted by Crippen LogP contribution is -2.40. The number of carbonyl (C=O) groups excluding carboxylic acids is 2. The van der Waals surface area contributed by atoms with Crippen molar-refractivity contribution in [3.8, 4) is 0 Å². The molecule has 11 heteroatoms. The molecule has 0 saturated heterocycles. The predicted octanol–water partition coefficient (Wildman–Crippen LogP) is 2.27. The summed E-state index contributed by atoms with van der Waals surface area (Å²) in [4.78, 5) is 29.0. The first-order valence-electron chi connectivity index (χ1n) is 11.6. The van der Waals surface area contributed by atoms with E-state index in [2.05, 4.69) is 20.7 Å². The van der Waals surface area contributed by atoms with Crippen molar-refractivity contribution in [1.29, 1.82) is 0 Å². The zero-order valence-electron chi connectivity index (χ0n) is 20.0. The topological polar surface area (TPSA) is 103 Å². The molecule has 180 valence electrons. The number of hydrogen-bond acceptors (Lipinski definition) is 6. The highest BCUT2D eigenvalue weighted by Gasteiger charge is 2.26. The maximum Gasteiger partial charge on any atom is 0.356 e. The molecule has 9 nitrogen and oxygen atoms in total. The lowest BCUT2D eigenvalue weighted by Gasteiger charge is -2.30. The summed E-state index contributed by atoms with van der Waals surface area (Å²) in [7, 11) is 2.80. The van der Waals surface area contributed by atoms with Crippen molar-refractivity contribution in [1.82, 2.24) is 24.5 Å². The van der Waals surface area contributed by atoms with Crippen molar-refractivity contribution in [2.75, 3.05) is 12.4 Å². The van der Waals surface area contributed by atoms with Crippen molar-refractivity contribution in [2.45, 2.75) is 63.7 Å². The highest BCUT2D eigenvalue weighted by atomic mass is 19.1. The molecule has 1 aliphatic carbocycles. The van der Waals surface area contributed by atoms with Crippen LogP contribution in [0, 0.1) is 0 Å². The fraction of sp³-hybridized carbons (Fsp3) is 0.478. The van der Waals surface area contributed by atoms with E-state index in [1.807, 2.05) is 29.5 Å². The third-order valence-corrected chi connectivity index (χ3v) is 6.22. The minimum atomic E-state index is -1.51. The lowest BCUT2D eigenvalue weighted by molar-refractivity contribution is 0.0586.